The van der Waals surface area contributed by atoms with Gasteiger partial charge in [-0.2, -0.15) is 8.78 Å². The normalized spacial score (nSPS) is 19.5. The fourth-order valence-corrected chi connectivity index (χ4v) is 3.11. The number of hydrogen-bond acceptors (Lipinski definition) is 5. The molecule has 2 atom stereocenters. The summed E-state index contributed by atoms with van der Waals surface area (Å²) in [5.74, 6) is -0.547. The van der Waals surface area contributed by atoms with Gasteiger partial charge in [0.1, 0.15) is 6.10 Å². The number of alkyl halides is 2. The molecule has 0 aliphatic carbocycles. The molecule has 1 N–H and O–H groups in total. The van der Waals surface area contributed by atoms with Crippen molar-refractivity contribution in [2.45, 2.75) is 32.1 Å². The number of carboxylic acids is 1. The monoisotopic (exact) mass is 378 g/mol. The van der Waals surface area contributed by atoms with Crippen molar-refractivity contribution >= 4 is 11.7 Å². The largest absolute Gasteiger partial charge is 0.478 e. The van der Waals surface area contributed by atoms with E-state index >= 15 is 0 Å². The Hall–Kier alpha value is -2.74. The van der Waals surface area contributed by atoms with E-state index in [1.807, 2.05) is 17.9 Å². The summed E-state index contributed by atoms with van der Waals surface area (Å²) in [5, 5.41) is 9.02. The summed E-state index contributed by atoms with van der Waals surface area (Å²) >= 11 is 0. The number of hydrogen-bond donors (Lipinski definition) is 1. The van der Waals surface area contributed by atoms with Crippen LogP contribution in [0.2, 0.25) is 0 Å². The second-order valence-electron chi connectivity index (χ2n) is 6.40. The Kier molecular flexibility index (Phi) is 5.85. The van der Waals surface area contributed by atoms with E-state index in [-0.39, 0.29) is 24.3 Å². The Bertz CT molecular complexity index is 768. The molecule has 1 aliphatic rings. The smallest absolute Gasteiger partial charge is 0.345 e. The second-order valence-corrected chi connectivity index (χ2v) is 6.40. The van der Waals surface area contributed by atoms with Crippen LogP contribution in [0.5, 0.6) is 5.88 Å². The van der Waals surface area contributed by atoms with Crippen LogP contribution >= 0.6 is 0 Å². The van der Waals surface area contributed by atoms with Gasteiger partial charge < -0.3 is 19.5 Å². The van der Waals surface area contributed by atoms with Crippen LogP contribution in [0.25, 0.3) is 0 Å². The number of aromatic carboxylic acids is 1. The van der Waals surface area contributed by atoms with Crippen molar-refractivity contribution in [3.63, 3.8) is 0 Å². The van der Waals surface area contributed by atoms with Crippen molar-refractivity contribution in [2.24, 2.45) is 0 Å². The number of carboxylic acid groups (broad SMARTS) is 1. The molecule has 1 aromatic carbocycles. The number of anilines is 1. The topological polar surface area (TPSA) is 71.9 Å². The average molecular weight is 378 g/mol. The molecule has 6 nitrogen and oxygen atoms in total. The van der Waals surface area contributed by atoms with Crippen LogP contribution in [0.1, 0.15) is 22.3 Å². The Morgan fingerprint density at radius 3 is 2.63 bits per heavy atom. The van der Waals surface area contributed by atoms with E-state index < -0.39 is 12.6 Å². The number of pyridine rings is 1. The van der Waals surface area contributed by atoms with Crippen molar-refractivity contribution in [3.8, 4) is 5.88 Å². The number of aryl methyl sites for hydroxylation is 1. The maximum Gasteiger partial charge on any atom is 0.345 e. The number of rotatable bonds is 7. The molecule has 0 spiro atoms. The number of carbonyl (C=O) groups is 1. The summed E-state index contributed by atoms with van der Waals surface area (Å²) in [7, 11) is 0. The predicted molar refractivity (Wildman–Crippen MR) is 94.5 cm³/mol. The van der Waals surface area contributed by atoms with E-state index in [2.05, 4.69) is 9.72 Å². The lowest BCUT2D eigenvalue weighted by Gasteiger charge is -2.26. The standard InChI is InChI=1S/C19H20F2N2O4/c1-12-2-7-17(22-9-12)27-16-8-15(11-26-19(20)21)23(10-16)14-5-3-13(4-6-14)18(24)25/h2-7,9,15-16,19H,8,10-11H2,1H3,(H,24,25)/t15-,16-/m0/s1. The Balaban J connectivity index is 1.74. The lowest BCUT2D eigenvalue weighted by atomic mass is 10.1. The molecule has 0 saturated carbocycles. The van der Waals surface area contributed by atoms with Crippen molar-refractivity contribution in [2.75, 3.05) is 18.1 Å². The van der Waals surface area contributed by atoms with Crippen LogP contribution in [0.3, 0.4) is 0 Å². The summed E-state index contributed by atoms with van der Waals surface area (Å²) in [6, 6.07) is 9.62. The van der Waals surface area contributed by atoms with Crippen molar-refractivity contribution in [3.05, 3.63) is 53.7 Å². The minimum atomic E-state index is -2.85. The van der Waals surface area contributed by atoms with E-state index in [1.54, 1.807) is 24.4 Å². The van der Waals surface area contributed by atoms with Gasteiger partial charge in [-0.05, 0) is 36.8 Å². The summed E-state index contributed by atoms with van der Waals surface area (Å²) in [4.78, 5) is 17.1. The van der Waals surface area contributed by atoms with Gasteiger partial charge in [-0.25, -0.2) is 9.78 Å². The van der Waals surface area contributed by atoms with Gasteiger partial charge in [0.05, 0.1) is 24.8 Å². The molecule has 8 heteroatoms. The number of aromatic nitrogens is 1. The number of benzene rings is 1. The molecule has 2 aromatic rings. The molecule has 0 unspecified atom stereocenters. The third kappa shape index (κ3) is 4.91. The molecular formula is C19H20F2N2O4. The van der Waals surface area contributed by atoms with Crippen molar-refractivity contribution in [1.82, 2.24) is 4.98 Å². The third-order valence-corrected chi connectivity index (χ3v) is 4.41. The molecule has 2 heterocycles. The molecule has 1 saturated heterocycles. The van der Waals surface area contributed by atoms with Gasteiger partial charge in [-0.1, -0.05) is 6.07 Å². The molecule has 0 amide bonds. The Morgan fingerprint density at radius 1 is 1.30 bits per heavy atom. The summed E-state index contributed by atoms with van der Waals surface area (Å²) < 4.78 is 35.4. The third-order valence-electron chi connectivity index (χ3n) is 4.41. The molecule has 1 fully saturated rings. The van der Waals surface area contributed by atoms with Crippen LogP contribution in [0.15, 0.2) is 42.6 Å². The highest BCUT2D eigenvalue weighted by Gasteiger charge is 2.34. The van der Waals surface area contributed by atoms with Gasteiger partial charge in [0.15, 0.2) is 0 Å². The minimum absolute atomic E-state index is 0.153. The van der Waals surface area contributed by atoms with Gasteiger partial charge in [0.25, 0.3) is 0 Å². The zero-order valence-electron chi connectivity index (χ0n) is 14.7. The molecule has 0 radical (unpaired) electrons. The van der Waals surface area contributed by atoms with Crippen molar-refractivity contribution < 1.29 is 28.2 Å². The van der Waals surface area contributed by atoms with E-state index in [9.17, 15) is 13.6 Å². The first-order valence-corrected chi connectivity index (χ1v) is 8.51. The maximum absolute atomic E-state index is 12.5. The molecule has 144 valence electrons. The quantitative estimate of drug-likeness (QED) is 0.797. The number of ether oxygens (including phenoxy) is 2. The van der Waals surface area contributed by atoms with Crippen LogP contribution in [0, 0.1) is 6.92 Å². The molecule has 27 heavy (non-hydrogen) atoms. The van der Waals surface area contributed by atoms with Crippen LogP contribution in [-0.4, -0.2) is 48.0 Å². The van der Waals surface area contributed by atoms with E-state index in [0.29, 0.717) is 18.8 Å². The zero-order valence-corrected chi connectivity index (χ0v) is 14.7. The lowest BCUT2D eigenvalue weighted by Crippen LogP contribution is -2.34. The molecule has 1 aromatic heterocycles. The highest BCUT2D eigenvalue weighted by atomic mass is 19.3. The van der Waals surface area contributed by atoms with E-state index in [0.717, 1.165) is 11.3 Å². The highest BCUT2D eigenvalue weighted by molar-refractivity contribution is 5.88. The Labute approximate surface area is 155 Å². The summed E-state index contributed by atoms with van der Waals surface area (Å²) in [6.07, 6.45) is 1.94. The maximum atomic E-state index is 12.5. The molecule has 3 rings (SSSR count). The molecule has 1 aliphatic heterocycles. The van der Waals surface area contributed by atoms with Gasteiger partial charge >= 0.3 is 12.6 Å². The van der Waals surface area contributed by atoms with Crippen LogP contribution in [0.4, 0.5) is 14.5 Å². The lowest BCUT2D eigenvalue weighted by molar-refractivity contribution is -0.131. The highest BCUT2D eigenvalue weighted by Crippen LogP contribution is 2.29. The fourth-order valence-electron chi connectivity index (χ4n) is 3.11. The summed E-state index contributed by atoms with van der Waals surface area (Å²) in [6.45, 7) is -0.620. The number of nitrogens with zero attached hydrogens (tertiary/aromatic N) is 2. The Morgan fingerprint density at radius 2 is 2.04 bits per heavy atom. The van der Waals surface area contributed by atoms with Gasteiger partial charge in [0, 0.05) is 24.4 Å². The molecule has 0 bridgehead atoms. The number of halogens is 2. The zero-order chi connectivity index (χ0) is 19.4. The molecular weight excluding hydrogens is 358 g/mol. The van der Waals surface area contributed by atoms with E-state index in [4.69, 9.17) is 9.84 Å². The minimum Gasteiger partial charge on any atom is -0.478 e. The van der Waals surface area contributed by atoms with Crippen LogP contribution < -0.4 is 9.64 Å². The van der Waals surface area contributed by atoms with E-state index in [1.165, 1.54) is 12.1 Å². The fraction of sp³-hybridized carbons (Fsp3) is 0.368. The predicted octanol–water partition coefficient (Wildman–Crippen LogP) is 3.35. The second kappa shape index (κ2) is 8.30. The summed E-state index contributed by atoms with van der Waals surface area (Å²) in [5.41, 5.74) is 1.90. The van der Waals surface area contributed by atoms with Crippen LogP contribution in [-0.2, 0) is 4.74 Å². The SMILES string of the molecule is Cc1ccc(O[C@H]2C[C@@H](COC(F)F)N(c3ccc(C(=O)O)cc3)C2)nc1. The van der Waals surface area contributed by atoms with Gasteiger partial charge in [-0.3, -0.25) is 0 Å². The van der Waals surface area contributed by atoms with Crippen molar-refractivity contribution in [1.29, 1.82) is 0 Å². The first-order chi connectivity index (χ1) is 12.9. The first kappa shape index (κ1) is 19.0. The van der Waals surface area contributed by atoms with Gasteiger partial charge in [0.2, 0.25) is 5.88 Å². The average Bonchev–Trinajstić information content (AvgIpc) is 3.04. The first-order valence-electron chi connectivity index (χ1n) is 8.51. The van der Waals surface area contributed by atoms with Gasteiger partial charge in [-0.15, -0.1) is 0 Å².